The van der Waals surface area contributed by atoms with Crippen molar-refractivity contribution in [3.8, 4) is 0 Å². The molecule has 0 rings (SSSR count). The van der Waals surface area contributed by atoms with E-state index in [-0.39, 0.29) is 0 Å². The molecule has 13 heavy (non-hydrogen) atoms. The Morgan fingerprint density at radius 1 is 1.31 bits per heavy atom. The Morgan fingerprint density at radius 2 is 2.00 bits per heavy atom. The van der Waals surface area contributed by atoms with Crippen molar-refractivity contribution in [3.63, 3.8) is 0 Å². The van der Waals surface area contributed by atoms with Gasteiger partial charge in [0.1, 0.15) is 0 Å². The highest BCUT2D eigenvalue weighted by molar-refractivity contribution is 5.13. The van der Waals surface area contributed by atoms with Crippen LogP contribution >= 0.6 is 0 Å². The van der Waals surface area contributed by atoms with Crippen LogP contribution in [0.15, 0.2) is 24.3 Å². The maximum atomic E-state index is 4.00. The maximum absolute atomic E-state index is 4.00. The molecule has 0 radical (unpaired) electrons. The van der Waals surface area contributed by atoms with Crippen molar-refractivity contribution < 1.29 is 0 Å². The van der Waals surface area contributed by atoms with Gasteiger partial charge in [-0.1, -0.05) is 38.2 Å². The van der Waals surface area contributed by atoms with Gasteiger partial charge in [-0.3, -0.25) is 0 Å². The molecule has 0 bridgehead atoms. The third-order valence-corrected chi connectivity index (χ3v) is 2.14. The van der Waals surface area contributed by atoms with E-state index in [9.17, 15) is 0 Å². The number of hydrogen-bond acceptors (Lipinski definition) is 1. The first-order chi connectivity index (χ1) is 6.24. The summed E-state index contributed by atoms with van der Waals surface area (Å²) in [6.07, 6.45) is 6.49. The zero-order valence-electron chi connectivity index (χ0n) is 9.34. The fourth-order valence-electron chi connectivity index (χ4n) is 1.37. The van der Waals surface area contributed by atoms with Gasteiger partial charge in [0.05, 0.1) is 0 Å². The van der Waals surface area contributed by atoms with E-state index in [0.717, 1.165) is 19.5 Å². The Morgan fingerprint density at radius 3 is 2.46 bits per heavy atom. The summed E-state index contributed by atoms with van der Waals surface area (Å²) in [5.41, 5.74) is 1.23. The van der Waals surface area contributed by atoms with E-state index < -0.39 is 0 Å². The van der Waals surface area contributed by atoms with Gasteiger partial charge in [0.25, 0.3) is 0 Å². The minimum atomic E-state index is 1.10. The molecule has 0 aliphatic carbocycles. The molecule has 0 fully saturated rings. The predicted octanol–water partition coefficient (Wildman–Crippen LogP) is 3.24. The Kier molecular flexibility index (Phi) is 7.71. The second-order valence-corrected chi connectivity index (χ2v) is 3.34. The minimum absolute atomic E-state index is 1.10. The van der Waals surface area contributed by atoms with Crippen LogP contribution in [-0.4, -0.2) is 24.5 Å². The van der Waals surface area contributed by atoms with Crippen molar-refractivity contribution in [3.05, 3.63) is 24.3 Å². The fraction of sp³-hybridized carbons (Fsp3) is 0.667. The quantitative estimate of drug-likeness (QED) is 0.545. The molecule has 0 aromatic rings. The molecule has 0 unspecified atom stereocenters. The summed E-state index contributed by atoms with van der Waals surface area (Å²) in [5, 5.41) is 0. The van der Waals surface area contributed by atoms with Crippen molar-refractivity contribution in [1.82, 2.24) is 4.90 Å². The first-order valence-electron chi connectivity index (χ1n) is 5.27. The molecular weight excluding hydrogens is 158 g/mol. The van der Waals surface area contributed by atoms with Gasteiger partial charge >= 0.3 is 0 Å². The van der Waals surface area contributed by atoms with Crippen molar-refractivity contribution >= 4 is 0 Å². The first-order valence-corrected chi connectivity index (χ1v) is 5.27. The van der Waals surface area contributed by atoms with Crippen LogP contribution in [0.3, 0.4) is 0 Å². The molecule has 1 nitrogen and oxygen atoms in total. The van der Waals surface area contributed by atoms with Crippen LogP contribution in [0, 0.1) is 0 Å². The van der Waals surface area contributed by atoms with Gasteiger partial charge in [-0.05, 0) is 32.9 Å². The van der Waals surface area contributed by atoms with Crippen molar-refractivity contribution in [1.29, 1.82) is 0 Å². The lowest BCUT2D eigenvalue weighted by Crippen LogP contribution is -2.25. The summed E-state index contributed by atoms with van der Waals surface area (Å²) in [4.78, 5) is 2.47. The molecule has 0 aromatic carbocycles. The van der Waals surface area contributed by atoms with Crippen LogP contribution in [-0.2, 0) is 0 Å². The molecule has 0 N–H and O–H groups in total. The van der Waals surface area contributed by atoms with Gasteiger partial charge in [0, 0.05) is 6.54 Å². The third kappa shape index (κ3) is 6.59. The summed E-state index contributed by atoms with van der Waals surface area (Å²) in [7, 11) is 0. The summed E-state index contributed by atoms with van der Waals surface area (Å²) in [6, 6.07) is 0. The molecular formula is C12H23N. The summed E-state index contributed by atoms with van der Waals surface area (Å²) >= 11 is 0. The van der Waals surface area contributed by atoms with Crippen molar-refractivity contribution in [2.24, 2.45) is 0 Å². The first kappa shape index (κ1) is 12.4. The average molecular weight is 181 g/mol. The molecule has 1 heteroatoms. The summed E-state index contributed by atoms with van der Waals surface area (Å²) in [5.74, 6) is 0. The third-order valence-electron chi connectivity index (χ3n) is 2.14. The normalized spacial score (nSPS) is 11.4. The molecule has 76 valence electrons. The minimum Gasteiger partial charge on any atom is -0.303 e. The summed E-state index contributed by atoms with van der Waals surface area (Å²) < 4.78 is 0. The SMILES string of the molecule is C=C(/C=C\C)CCN(CC)CCC. The highest BCUT2D eigenvalue weighted by atomic mass is 15.1. The van der Waals surface area contributed by atoms with Gasteiger partial charge < -0.3 is 4.90 Å². The van der Waals surface area contributed by atoms with Crippen LogP contribution in [0.2, 0.25) is 0 Å². The second kappa shape index (κ2) is 8.06. The van der Waals surface area contributed by atoms with Gasteiger partial charge in [0.15, 0.2) is 0 Å². The Balaban J connectivity index is 3.64. The van der Waals surface area contributed by atoms with Crippen molar-refractivity contribution in [2.45, 2.75) is 33.6 Å². The smallest absolute Gasteiger partial charge is 0.00215 e. The van der Waals surface area contributed by atoms with E-state index in [1.807, 2.05) is 6.92 Å². The lowest BCUT2D eigenvalue weighted by molar-refractivity contribution is 0.293. The van der Waals surface area contributed by atoms with Crippen molar-refractivity contribution in [2.75, 3.05) is 19.6 Å². The lowest BCUT2D eigenvalue weighted by Gasteiger charge is -2.19. The van der Waals surface area contributed by atoms with E-state index >= 15 is 0 Å². The number of allylic oxidation sites excluding steroid dienone is 2. The number of rotatable bonds is 7. The van der Waals surface area contributed by atoms with E-state index in [2.05, 4.69) is 37.5 Å². The van der Waals surface area contributed by atoms with E-state index in [1.54, 1.807) is 0 Å². The van der Waals surface area contributed by atoms with Gasteiger partial charge in [-0.25, -0.2) is 0 Å². The van der Waals surface area contributed by atoms with Gasteiger partial charge in [-0.15, -0.1) is 0 Å². The molecule has 0 aliphatic rings. The van der Waals surface area contributed by atoms with Crippen LogP contribution in [0.25, 0.3) is 0 Å². The van der Waals surface area contributed by atoms with Crippen LogP contribution in [0.1, 0.15) is 33.6 Å². The largest absolute Gasteiger partial charge is 0.303 e. The predicted molar refractivity (Wildman–Crippen MR) is 61.0 cm³/mol. The van der Waals surface area contributed by atoms with Crippen LogP contribution in [0.5, 0.6) is 0 Å². The zero-order valence-corrected chi connectivity index (χ0v) is 9.34. The van der Waals surface area contributed by atoms with E-state index in [0.29, 0.717) is 0 Å². The second-order valence-electron chi connectivity index (χ2n) is 3.34. The Hall–Kier alpha value is -0.560. The topological polar surface area (TPSA) is 3.24 Å². The molecule has 0 spiro atoms. The molecule has 0 aromatic heterocycles. The van der Waals surface area contributed by atoms with Crippen LogP contribution in [0.4, 0.5) is 0 Å². The standard InChI is InChI=1S/C12H23N/c1-5-8-12(4)9-11-13(7-3)10-6-2/h5,8H,4,6-7,9-11H2,1-3H3/b8-5-. The summed E-state index contributed by atoms with van der Waals surface area (Å²) in [6.45, 7) is 14.0. The highest BCUT2D eigenvalue weighted by Crippen LogP contribution is 2.02. The fourth-order valence-corrected chi connectivity index (χ4v) is 1.37. The maximum Gasteiger partial charge on any atom is 0.00215 e. The molecule has 0 saturated heterocycles. The Bertz CT molecular complexity index is 159. The molecule has 0 saturated carbocycles. The monoisotopic (exact) mass is 181 g/mol. The lowest BCUT2D eigenvalue weighted by atomic mass is 10.2. The van der Waals surface area contributed by atoms with E-state index in [4.69, 9.17) is 0 Å². The van der Waals surface area contributed by atoms with E-state index in [1.165, 1.54) is 18.5 Å². The number of hydrogen-bond donors (Lipinski definition) is 0. The molecule has 0 aliphatic heterocycles. The Labute approximate surface area is 83.1 Å². The molecule has 0 amide bonds. The highest BCUT2D eigenvalue weighted by Gasteiger charge is 1.99. The zero-order chi connectivity index (χ0) is 10.1. The van der Waals surface area contributed by atoms with Gasteiger partial charge in [0.2, 0.25) is 0 Å². The molecule has 0 heterocycles. The van der Waals surface area contributed by atoms with Crippen LogP contribution < -0.4 is 0 Å². The molecule has 0 atom stereocenters. The number of nitrogens with zero attached hydrogens (tertiary/aromatic N) is 1. The van der Waals surface area contributed by atoms with Gasteiger partial charge in [-0.2, -0.15) is 0 Å². The average Bonchev–Trinajstić information content (AvgIpc) is 2.12.